The Kier molecular flexibility index (Phi) is 2.76. The van der Waals surface area contributed by atoms with Gasteiger partial charge < -0.3 is 5.11 Å². The lowest BCUT2D eigenvalue weighted by atomic mass is 9.43. The lowest BCUT2D eigenvalue weighted by Gasteiger charge is -2.64. The molecule has 112 valence electrons. The van der Waals surface area contributed by atoms with E-state index in [1.54, 1.807) is 0 Å². The van der Waals surface area contributed by atoms with Gasteiger partial charge in [-0.25, -0.2) is 0 Å². The summed E-state index contributed by atoms with van der Waals surface area (Å²) in [6.07, 6.45) is 16.3. The van der Waals surface area contributed by atoms with Gasteiger partial charge in [-0.1, -0.05) is 38.8 Å². The molecule has 0 radical (unpaired) electrons. The summed E-state index contributed by atoms with van der Waals surface area (Å²) in [5.74, 6) is 2.05. The van der Waals surface area contributed by atoms with Crippen LogP contribution in [0.15, 0.2) is 12.2 Å². The van der Waals surface area contributed by atoms with E-state index in [-0.39, 0.29) is 11.0 Å². The minimum Gasteiger partial charge on any atom is -0.389 e. The van der Waals surface area contributed by atoms with Crippen molar-refractivity contribution in [2.75, 3.05) is 0 Å². The van der Waals surface area contributed by atoms with Crippen LogP contribution >= 0.6 is 0 Å². The zero-order valence-corrected chi connectivity index (χ0v) is 13.2. The van der Waals surface area contributed by atoms with E-state index in [2.05, 4.69) is 26.0 Å². The second-order valence-electron chi connectivity index (χ2n) is 8.72. The zero-order valence-electron chi connectivity index (χ0n) is 13.2. The first-order valence-electron chi connectivity index (χ1n) is 8.90. The van der Waals surface area contributed by atoms with Crippen LogP contribution in [0.5, 0.6) is 0 Å². The predicted octanol–water partition coefficient (Wildman–Crippen LogP) is 4.70. The Labute approximate surface area is 123 Å². The van der Waals surface area contributed by atoms with Gasteiger partial charge >= 0.3 is 0 Å². The average molecular weight is 274 g/mol. The second kappa shape index (κ2) is 4.12. The molecule has 0 amide bonds. The molecule has 6 atom stereocenters. The van der Waals surface area contributed by atoms with E-state index in [0.29, 0.717) is 17.3 Å². The fourth-order valence-electron chi connectivity index (χ4n) is 6.72. The van der Waals surface area contributed by atoms with Crippen molar-refractivity contribution in [3.63, 3.8) is 0 Å². The molecule has 0 aromatic rings. The van der Waals surface area contributed by atoms with Crippen LogP contribution in [-0.2, 0) is 0 Å². The van der Waals surface area contributed by atoms with Crippen LogP contribution in [-0.4, -0.2) is 10.7 Å². The van der Waals surface area contributed by atoms with Crippen LogP contribution in [0.2, 0.25) is 0 Å². The van der Waals surface area contributed by atoms with Crippen molar-refractivity contribution in [3.05, 3.63) is 12.2 Å². The van der Waals surface area contributed by atoms with Gasteiger partial charge in [-0.3, -0.25) is 0 Å². The Morgan fingerprint density at radius 2 is 1.80 bits per heavy atom. The first-order chi connectivity index (χ1) is 9.50. The normalized spacial score (nSPS) is 57.9. The van der Waals surface area contributed by atoms with Gasteiger partial charge in [-0.15, -0.1) is 0 Å². The zero-order chi connectivity index (χ0) is 14.0. The maximum Gasteiger partial charge on any atom is 0.0735 e. The summed E-state index contributed by atoms with van der Waals surface area (Å²) in [6.45, 7) is 4.88. The molecule has 0 aliphatic heterocycles. The smallest absolute Gasteiger partial charge is 0.0735 e. The monoisotopic (exact) mass is 274 g/mol. The Morgan fingerprint density at radius 3 is 2.65 bits per heavy atom. The maximum absolute atomic E-state index is 11.8. The minimum atomic E-state index is -0.369. The molecule has 1 unspecified atom stereocenters. The number of rotatable bonds is 0. The fraction of sp³-hybridized carbons (Fsp3) is 0.895. The molecule has 1 nitrogen and oxygen atoms in total. The van der Waals surface area contributed by atoms with Crippen LogP contribution in [0.25, 0.3) is 0 Å². The van der Waals surface area contributed by atoms with E-state index in [1.807, 2.05) is 0 Å². The maximum atomic E-state index is 11.8. The van der Waals surface area contributed by atoms with Crippen molar-refractivity contribution in [1.29, 1.82) is 0 Å². The Bertz CT molecular complexity index is 441. The number of hydrogen-bond acceptors (Lipinski definition) is 1. The first kappa shape index (κ1) is 13.4. The quantitative estimate of drug-likeness (QED) is 0.635. The third-order valence-corrected chi connectivity index (χ3v) is 8.09. The molecule has 20 heavy (non-hydrogen) atoms. The van der Waals surface area contributed by atoms with Crippen molar-refractivity contribution in [2.45, 2.75) is 77.2 Å². The Hall–Kier alpha value is -0.300. The van der Waals surface area contributed by atoms with Gasteiger partial charge in [-0.2, -0.15) is 0 Å². The molecule has 0 aromatic heterocycles. The van der Waals surface area contributed by atoms with Crippen molar-refractivity contribution < 1.29 is 5.11 Å². The van der Waals surface area contributed by atoms with Gasteiger partial charge in [0.2, 0.25) is 0 Å². The third kappa shape index (κ3) is 1.48. The van der Waals surface area contributed by atoms with Crippen LogP contribution in [0.4, 0.5) is 0 Å². The summed E-state index contributed by atoms with van der Waals surface area (Å²) in [5, 5.41) is 11.8. The van der Waals surface area contributed by atoms with Crippen molar-refractivity contribution >= 4 is 0 Å². The summed E-state index contributed by atoms with van der Waals surface area (Å²) in [7, 11) is 0. The van der Waals surface area contributed by atoms with Crippen molar-refractivity contribution in [2.24, 2.45) is 28.6 Å². The van der Waals surface area contributed by atoms with Gasteiger partial charge in [0.05, 0.1) is 5.60 Å². The molecule has 1 N–H and O–H groups in total. The van der Waals surface area contributed by atoms with Gasteiger partial charge in [0.1, 0.15) is 0 Å². The van der Waals surface area contributed by atoms with Gasteiger partial charge in [-0.05, 0) is 73.5 Å². The molecule has 3 saturated carbocycles. The number of fused-ring (bicyclic) bond motifs is 5. The molecule has 1 heteroatoms. The standard InChI is InChI=1S/C19H30O/c1-17-10-5-7-15(17)16-9-8-14-6-3-4-11-18(14,2)19(16,20)13-12-17/h5,10,14-16,20H,3-4,6-9,11-13H2,1-2H3/t14?,15-,16-,17-,18-,19+/m0/s1. The summed E-state index contributed by atoms with van der Waals surface area (Å²) < 4.78 is 0. The summed E-state index contributed by atoms with van der Waals surface area (Å²) in [4.78, 5) is 0. The number of hydrogen-bond donors (Lipinski definition) is 1. The number of aliphatic hydroxyl groups is 1. The molecule has 4 rings (SSSR count). The fourth-order valence-corrected chi connectivity index (χ4v) is 6.72. The van der Waals surface area contributed by atoms with Gasteiger partial charge in [0, 0.05) is 0 Å². The summed E-state index contributed by atoms with van der Waals surface area (Å²) in [6, 6.07) is 0. The average Bonchev–Trinajstić information content (AvgIpc) is 2.81. The van der Waals surface area contributed by atoms with Gasteiger partial charge in [0.15, 0.2) is 0 Å². The van der Waals surface area contributed by atoms with E-state index in [0.717, 1.165) is 12.3 Å². The molecule has 3 fully saturated rings. The SMILES string of the molecule is C[C@@]12C=CC[C@H]1[C@@H]1CCC3CCCC[C@]3(C)[C@@]1(O)CC2. The van der Waals surface area contributed by atoms with E-state index in [1.165, 1.54) is 51.4 Å². The Morgan fingerprint density at radius 1 is 0.950 bits per heavy atom. The Balaban J connectivity index is 1.72. The summed E-state index contributed by atoms with van der Waals surface area (Å²) in [5.41, 5.74) is 0.222. The van der Waals surface area contributed by atoms with Crippen LogP contribution in [0, 0.1) is 28.6 Å². The second-order valence-corrected chi connectivity index (χ2v) is 8.72. The van der Waals surface area contributed by atoms with E-state index in [4.69, 9.17) is 0 Å². The van der Waals surface area contributed by atoms with E-state index in [9.17, 15) is 5.11 Å². The first-order valence-corrected chi connectivity index (χ1v) is 8.90. The van der Waals surface area contributed by atoms with E-state index >= 15 is 0 Å². The van der Waals surface area contributed by atoms with Gasteiger partial charge in [0.25, 0.3) is 0 Å². The minimum absolute atomic E-state index is 0.206. The number of allylic oxidation sites excluding steroid dienone is 2. The summed E-state index contributed by atoms with van der Waals surface area (Å²) >= 11 is 0. The highest BCUT2D eigenvalue weighted by molar-refractivity contribution is 5.20. The highest BCUT2D eigenvalue weighted by Gasteiger charge is 2.64. The molecule has 0 saturated heterocycles. The molecule has 4 aliphatic rings. The van der Waals surface area contributed by atoms with Crippen LogP contribution in [0.3, 0.4) is 0 Å². The molecule has 0 spiro atoms. The molecular weight excluding hydrogens is 244 g/mol. The lowest BCUT2D eigenvalue weighted by molar-refractivity contribution is -0.228. The largest absolute Gasteiger partial charge is 0.389 e. The van der Waals surface area contributed by atoms with Crippen LogP contribution < -0.4 is 0 Å². The predicted molar refractivity (Wildman–Crippen MR) is 82.3 cm³/mol. The van der Waals surface area contributed by atoms with Crippen LogP contribution in [0.1, 0.15) is 71.6 Å². The molecule has 4 aliphatic carbocycles. The molecule has 0 heterocycles. The van der Waals surface area contributed by atoms with Crippen molar-refractivity contribution in [1.82, 2.24) is 0 Å². The highest BCUT2D eigenvalue weighted by Crippen LogP contribution is 2.66. The molecule has 0 bridgehead atoms. The topological polar surface area (TPSA) is 20.2 Å². The molecular formula is C19H30O. The molecule has 0 aromatic carbocycles. The van der Waals surface area contributed by atoms with E-state index < -0.39 is 0 Å². The third-order valence-electron chi connectivity index (χ3n) is 8.09. The highest BCUT2D eigenvalue weighted by atomic mass is 16.3. The van der Waals surface area contributed by atoms with Crippen molar-refractivity contribution in [3.8, 4) is 0 Å². The lowest BCUT2D eigenvalue weighted by Crippen LogP contribution is -2.64.